The fourth-order valence-electron chi connectivity index (χ4n) is 1.63. The van der Waals surface area contributed by atoms with Crippen molar-refractivity contribution in [1.29, 1.82) is 0 Å². The molecule has 0 aliphatic carbocycles. The molecule has 0 bridgehead atoms. The molecule has 21 heavy (non-hydrogen) atoms. The van der Waals surface area contributed by atoms with Crippen LogP contribution in [0, 0.1) is 6.92 Å². The van der Waals surface area contributed by atoms with E-state index in [4.69, 9.17) is 5.11 Å². The zero-order valence-electron chi connectivity index (χ0n) is 10.8. The SMILES string of the molecule is Cc1c(Br)cc(C(=O)O)cc1S(=O)(=O)NCc1nccs1. The molecule has 1 aromatic carbocycles. The van der Waals surface area contributed by atoms with Crippen LogP contribution in [0.2, 0.25) is 0 Å². The molecule has 112 valence electrons. The van der Waals surface area contributed by atoms with Crippen molar-refractivity contribution in [2.45, 2.75) is 18.4 Å². The minimum Gasteiger partial charge on any atom is -0.478 e. The maximum atomic E-state index is 12.3. The monoisotopic (exact) mass is 390 g/mol. The maximum absolute atomic E-state index is 12.3. The van der Waals surface area contributed by atoms with Crippen LogP contribution >= 0.6 is 27.3 Å². The third kappa shape index (κ3) is 3.67. The minimum absolute atomic E-state index is 0.0638. The summed E-state index contributed by atoms with van der Waals surface area (Å²) < 4.78 is 27.5. The predicted octanol–water partition coefficient (Wildman–Crippen LogP) is 2.39. The molecule has 0 aliphatic heterocycles. The number of carboxylic acid groups (broad SMARTS) is 1. The number of thiazole rings is 1. The van der Waals surface area contributed by atoms with Crippen LogP contribution in [0.15, 0.2) is 33.1 Å². The van der Waals surface area contributed by atoms with Gasteiger partial charge in [0.25, 0.3) is 0 Å². The van der Waals surface area contributed by atoms with E-state index in [9.17, 15) is 13.2 Å². The van der Waals surface area contributed by atoms with Gasteiger partial charge >= 0.3 is 5.97 Å². The van der Waals surface area contributed by atoms with Crippen molar-refractivity contribution in [3.63, 3.8) is 0 Å². The van der Waals surface area contributed by atoms with Gasteiger partial charge < -0.3 is 5.11 Å². The number of hydrogen-bond acceptors (Lipinski definition) is 5. The first-order valence-electron chi connectivity index (χ1n) is 5.73. The highest BCUT2D eigenvalue weighted by molar-refractivity contribution is 9.10. The summed E-state index contributed by atoms with van der Waals surface area (Å²) in [5, 5.41) is 11.4. The summed E-state index contributed by atoms with van der Waals surface area (Å²) in [7, 11) is -3.82. The number of carbonyl (C=O) groups is 1. The quantitative estimate of drug-likeness (QED) is 0.816. The van der Waals surface area contributed by atoms with Crippen LogP contribution in [0.1, 0.15) is 20.9 Å². The third-order valence-corrected chi connectivity index (χ3v) is 5.86. The Labute approximate surface area is 134 Å². The topological polar surface area (TPSA) is 96.4 Å². The molecule has 0 saturated heterocycles. The summed E-state index contributed by atoms with van der Waals surface area (Å²) in [6.07, 6.45) is 1.58. The first-order chi connectivity index (χ1) is 9.81. The van der Waals surface area contributed by atoms with Crippen LogP contribution in [-0.2, 0) is 16.6 Å². The zero-order valence-corrected chi connectivity index (χ0v) is 14.0. The largest absolute Gasteiger partial charge is 0.478 e. The van der Waals surface area contributed by atoms with Gasteiger partial charge in [0.15, 0.2) is 0 Å². The number of halogens is 1. The highest BCUT2D eigenvalue weighted by Crippen LogP contribution is 2.26. The van der Waals surface area contributed by atoms with Crippen molar-refractivity contribution in [2.24, 2.45) is 0 Å². The Hall–Kier alpha value is -1.29. The van der Waals surface area contributed by atoms with Crippen LogP contribution < -0.4 is 4.72 Å². The number of aromatic nitrogens is 1. The Bertz CT molecular complexity index is 773. The molecule has 2 aromatic rings. The second-order valence-electron chi connectivity index (χ2n) is 4.14. The Morgan fingerprint density at radius 3 is 2.76 bits per heavy atom. The lowest BCUT2D eigenvalue weighted by Crippen LogP contribution is -2.24. The van der Waals surface area contributed by atoms with Gasteiger partial charge in [0, 0.05) is 16.0 Å². The van der Waals surface area contributed by atoms with Crippen LogP contribution in [0.25, 0.3) is 0 Å². The molecule has 0 aliphatic rings. The molecule has 0 atom stereocenters. The number of aromatic carboxylic acids is 1. The van der Waals surface area contributed by atoms with Gasteiger partial charge in [0.1, 0.15) is 5.01 Å². The van der Waals surface area contributed by atoms with Gasteiger partial charge in [-0.15, -0.1) is 11.3 Å². The summed E-state index contributed by atoms with van der Waals surface area (Å²) in [5.41, 5.74) is 0.355. The molecule has 1 aromatic heterocycles. The predicted molar refractivity (Wildman–Crippen MR) is 82.0 cm³/mol. The second-order valence-corrected chi connectivity index (χ2v) is 7.71. The Morgan fingerprint density at radius 2 is 2.19 bits per heavy atom. The van der Waals surface area contributed by atoms with E-state index in [0.717, 1.165) is 6.07 Å². The normalized spacial score (nSPS) is 11.5. The van der Waals surface area contributed by atoms with Gasteiger partial charge in [-0.3, -0.25) is 0 Å². The van der Waals surface area contributed by atoms with E-state index in [1.165, 1.54) is 17.4 Å². The molecule has 0 unspecified atom stereocenters. The van der Waals surface area contributed by atoms with Crippen molar-refractivity contribution in [2.75, 3.05) is 0 Å². The van der Waals surface area contributed by atoms with E-state index in [0.29, 0.717) is 15.0 Å². The van der Waals surface area contributed by atoms with Crippen LogP contribution in [0.4, 0.5) is 0 Å². The van der Waals surface area contributed by atoms with E-state index >= 15 is 0 Å². The summed E-state index contributed by atoms with van der Waals surface area (Å²) in [4.78, 5) is 15.0. The number of rotatable bonds is 5. The third-order valence-electron chi connectivity index (χ3n) is 2.73. The van der Waals surface area contributed by atoms with E-state index < -0.39 is 16.0 Å². The highest BCUT2D eigenvalue weighted by atomic mass is 79.9. The molecule has 2 N–H and O–H groups in total. The molecule has 2 rings (SSSR count). The van der Waals surface area contributed by atoms with Crippen molar-refractivity contribution in [3.05, 3.63) is 44.3 Å². The minimum atomic E-state index is -3.82. The first-order valence-corrected chi connectivity index (χ1v) is 8.88. The van der Waals surface area contributed by atoms with Gasteiger partial charge in [-0.05, 0) is 24.6 Å². The molecule has 0 saturated carbocycles. The summed E-state index contributed by atoms with van der Waals surface area (Å²) in [6, 6.07) is 2.52. The van der Waals surface area contributed by atoms with E-state index in [2.05, 4.69) is 25.6 Å². The van der Waals surface area contributed by atoms with Crippen molar-refractivity contribution in [1.82, 2.24) is 9.71 Å². The van der Waals surface area contributed by atoms with Gasteiger partial charge in [-0.2, -0.15) is 0 Å². The van der Waals surface area contributed by atoms with E-state index in [1.54, 1.807) is 18.5 Å². The van der Waals surface area contributed by atoms with E-state index in [-0.39, 0.29) is 17.0 Å². The Balaban J connectivity index is 2.37. The zero-order chi connectivity index (χ0) is 15.6. The molecule has 6 nitrogen and oxygen atoms in total. The number of sulfonamides is 1. The summed E-state index contributed by atoms with van der Waals surface area (Å²) in [6.45, 7) is 1.67. The van der Waals surface area contributed by atoms with Crippen molar-refractivity contribution in [3.8, 4) is 0 Å². The lowest BCUT2D eigenvalue weighted by atomic mass is 10.1. The molecule has 0 radical (unpaired) electrons. The van der Waals surface area contributed by atoms with Crippen LogP contribution in [0.5, 0.6) is 0 Å². The molecular weight excluding hydrogens is 380 g/mol. The van der Waals surface area contributed by atoms with Crippen LogP contribution in [0.3, 0.4) is 0 Å². The smallest absolute Gasteiger partial charge is 0.335 e. The molecular formula is C12H11BrN2O4S2. The van der Waals surface area contributed by atoms with Crippen LogP contribution in [-0.4, -0.2) is 24.5 Å². The number of carboxylic acids is 1. The molecule has 9 heteroatoms. The Kier molecular flexibility index (Phi) is 4.77. The number of nitrogens with zero attached hydrogens (tertiary/aromatic N) is 1. The molecule has 0 spiro atoms. The fourth-order valence-corrected chi connectivity index (χ4v) is 4.15. The summed E-state index contributed by atoms with van der Waals surface area (Å²) >= 11 is 4.51. The molecule has 0 amide bonds. The summed E-state index contributed by atoms with van der Waals surface area (Å²) in [5.74, 6) is -1.19. The second kappa shape index (κ2) is 6.22. The standard InChI is InChI=1S/C12H11BrN2O4S2/c1-7-9(13)4-8(12(16)17)5-10(7)21(18,19)15-6-11-14-2-3-20-11/h2-5,15H,6H2,1H3,(H,16,17). The lowest BCUT2D eigenvalue weighted by molar-refractivity contribution is 0.0696. The first kappa shape index (κ1) is 16.1. The number of nitrogens with one attached hydrogen (secondary N) is 1. The number of hydrogen-bond donors (Lipinski definition) is 2. The highest BCUT2D eigenvalue weighted by Gasteiger charge is 2.21. The fraction of sp³-hybridized carbons (Fsp3) is 0.167. The van der Waals surface area contributed by atoms with Gasteiger partial charge in [0.05, 0.1) is 17.0 Å². The Morgan fingerprint density at radius 1 is 1.48 bits per heavy atom. The lowest BCUT2D eigenvalue weighted by Gasteiger charge is -2.11. The average molecular weight is 391 g/mol. The van der Waals surface area contributed by atoms with Gasteiger partial charge in [-0.25, -0.2) is 22.9 Å². The van der Waals surface area contributed by atoms with Gasteiger partial charge in [-0.1, -0.05) is 15.9 Å². The van der Waals surface area contributed by atoms with Crippen molar-refractivity contribution >= 4 is 43.3 Å². The molecule has 1 heterocycles. The van der Waals surface area contributed by atoms with E-state index in [1.807, 2.05) is 0 Å². The number of benzene rings is 1. The maximum Gasteiger partial charge on any atom is 0.335 e. The average Bonchev–Trinajstić information content (AvgIpc) is 2.92. The van der Waals surface area contributed by atoms with Gasteiger partial charge in [0.2, 0.25) is 10.0 Å². The van der Waals surface area contributed by atoms with Crippen molar-refractivity contribution < 1.29 is 18.3 Å². The molecule has 0 fully saturated rings.